The van der Waals surface area contributed by atoms with Crippen molar-refractivity contribution < 1.29 is 23.8 Å². The second kappa shape index (κ2) is 9.75. The number of nitrogens with zero attached hydrogens (tertiary/aromatic N) is 4. The van der Waals surface area contributed by atoms with Crippen LogP contribution in [0.4, 0.5) is 4.79 Å². The van der Waals surface area contributed by atoms with Crippen molar-refractivity contribution in [2.24, 2.45) is 0 Å². The second-order valence-corrected chi connectivity index (χ2v) is 10.8. The molecule has 1 fully saturated rings. The summed E-state index contributed by atoms with van der Waals surface area (Å²) < 4.78 is 17.5. The summed E-state index contributed by atoms with van der Waals surface area (Å²) in [6.45, 7) is 11.3. The summed E-state index contributed by atoms with van der Waals surface area (Å²) in [5.41, 5.74) is 1.95. The summed E-state index contributed by atoms with van der Waals surface area (Å²) in [7, 11) is 1.61. The van der Waals surface area contributed by atoms with Gasteiger partial charge in [0.05, 0.1) is 23.9 Å². The molecule has 0 spiro atoms. The molecule has 1 N–H and O–H groups in total. The number of aromatic amines is 1. The van der Waals surface area contributed by atoms with Gasteiger partial charge < -0.3 is 19.1 Å². The predicted molar refractivity (Wildman–Crippen MR) is 142 cm³/mol. The van der Waals surface area contributed by atoms with Crippen molar-refractivity contribution in [3.05, 3.63) is 53.0 Å². The molecule has 0 unspecified atom stereocenters. The van der Waals surface area contributed by atoms with Crippen LogP contribution in [0.2, 0.25) is 0 Å². The number of piperazine rings is 1. The highest BCUT2D eigenvalue weighted by Gasteiger charge is 2.37. The first kappa shape index (κ1) is 25.7. The van der Waals surface area contributed by atoms with Crippen LogP contribution in [0.25, 0.3) is 17.1 Å². The maximum Gasteiger partial charge on any atom is 0.410 e. The first-order chi connectivity index (χ1) is 18.1. The van der Waals surface area contributed by atoms with Crippen molar-refractivity contribution in [1.82, 2.24) is 25.0 Å². The number of Topliss-reactive ketones (excluding diaryl/α,β-unsaturated/α-hetero) is 1. The summed E-state index contributed by atoms with van der Waals surface area (Å²) in [5.74, 6) is 1.12. The number of ketones is 1. The number of carbonyl (C=O) groups excluding carboxylic acids is 2. The summed E-state index contributed by atoms with van der Waals surface area (Å²) in [4.78, 5) is 34.3. The lowest BCUT2D eigenvalue weighted by molar-refractivity contribution is -0.00996. The maximum atomic E-state index is 13.3. The molecule has 10 nitrogen and oxygen atoms in total. The van der Waals surface area contributed by atoms with Gasteiger partial charge in [0.25, 0.3) is 0 Å². The highest BCUT2D eigenvalue weighted by Crippen LogP contribution is 2.41. The molecule has 10 heteroatoms. The van der Waals surface area contributed by atoms with E-state index in [1.165, 1.54) is 0 Å². The molecule has 4 heterocycles. The van der Waals surface area contributed by atoms with E-state index in [0.29, 0.717) is 48.0 Å². The van der Waals surface area contributed by atoms with Gasteiger partial charge in [0, 0.05) is 49.4 Å². The van der Waals surface area contributed by atoms with Crippen LogP contribution in [-0.4, -0.2) is 74.7 Å². The first-order valence-electron chi connectivity index (χ1n) is 12.7. The van der Waals surface area contributed by atoms with Gasteiger partial charge in [-0.15, -0.1) is 0 Å². The lowest BCUT2D eigenvalue weighted by Gasteiger charge is -2.44. The molecule has 0 aliphatic carbocycles. The van der Waals surface area contributed by atoms with Gasteiger partial charge in [-0.25, -0.2) is 9.78 Å². The molecular formula is C28H33N5O5. The zero-order chi connectivity index (χ0) is 27.2. The predicted octanol–water partition coefficient (Wildman–Crippen LogP) is 4.41. The summed E-state index contributed by atoms with van der Waals surface area (Å²) in [6.07, 6.45) is 3.02. The number of nitrogens with one attached hydrogen (secondary N) is 1. The third kappa shape index (κ3) is 4.83. The van der Waals surface area contributed by atoms with Gasteiger partial charge in [-0.1, -0.05) is 0 Å². The van der Waals surface area contributed by atoms with E-state index in [0.717, 1.165) is 10.9 Å². The molecule has 0 saturated carbocycles. The Hall–Kier alpha value is -3.92. The van der Waals surface area contributed by atoms with Gasteiger partial charge in [0.1, 0.15) is 17.1 Å². The number of carbonyl (C=O) groups is 2. The minimum atomic E-state index is -0.549. The summed E-state index contributed by atoms with van der Waals surface area (Å²) >= 11 is 0. The Morgan fingerprint density at radius 3 is 2.63 bits per heavy atom. The van der Waals surface area contributed by atoms with Gasteiger partial charge >= 0.3 is 6.09 Å². The molecular weight excluding hydrogens is 486 g/mol. The van der Waals surface area contributed by atoms with E-state index in [2.05, 4.69) is 33.9 Å². The molecule has 5 rings (SSSR count). The standard InChI is InChI=1S/C28H33N5O5/c1-16-13-32(27(35)38-28(3,4)5)14-17(2)33(16)15-20-22(36-6)10-9-19-24(34)23(37-25(19)20)12-21-18-8-7-11-29-26(18)31-30-21/h7-12,16-17H,13-15H2,1-6H3,(H,29,30,31)/b23-12-/t16-,17+. The highest BCUT2D eigenvalue weighted by molar-refractivity contribution is 6.15. The van der Waals surface area contributed by atoms with Gasteiger partial charge in [-0.3, -0.25) is 14.8 Å². The van der Waals surface area contributed by atoms with Crippen molar-refractivity contribution in [2.45, 2.75) is 58.8 Å². The van der Waals surface area contributed by atoms with Gasteiger partial charge in [-0.2, -0.15) is 5.10 Å². The van der Waals surface area contributed by atoms with Crippen LogP contribution in [0.15, 0.2) is 36.2 Å². The van der Waals surface area contributed by atoms with Crippen molar-refractivity contribution in [3.8, 4) is 11.5 Å². The van der Waals surface area contributed by atoms with Gasteiger partial charge in [0.15, 0.2) is 11.4 Å². The minimum Gasteiger partial charge on any atom is -0.496 e. The fourth-order valence-corrected chi connectivity index (χ4v) is 5.07. The number of aromatic nitrogens is 3. The lowest BCUT2D eigenvalue weighted by Crippen LogP contribution is -2.58. The average Bonchev–Trinajstić information content (AvgIpc) is 3.41. The highest BCUT2D eigenvalue weighted by atomic mass is 16.6. The molecule has 2 atom stereocenters. The number of fused-ring (bicyclic) bond motifs is 2. The van der Waals surface area contributed by atoms with E-state index >= 15 is 0 Å². The molecule has 1 saturated heterocycles. The number of pyridine rings is 1. The fourth-order valence-electron chi connectivity index (χ4n) is 5.07. The Morgan fingerprint density at radius 1 is 1.21 bits per heavy atom. The number of allylic oxidation sites excluding steroid dienone is 1. The van der Waals surface area contributed by atoms with Crippen LogP contribution in [0.5, 0.6) is 11.5 Å². The average molecular weight is 520 g/mol. The minimum absolute atomic E-state index is 0.0434. The van der Waals surface area contributed by atoms with Gasteiger partial charge in [0.2, 0.25) is 5.78 Å². The molecule has 3 aromatic rings. The number of methoxy groups -OCH3 is 1. The Kier molecular flexibility index (Phi) is 6.60. The first-order valence-corrected chi connectivity index (χ1v) is 12.7. The smallest absolute Gasteiger partial charge is 0.410 e. The van der Waals surface area contributed by atoms with Crippen LogP contribution in [0.1, 0.15) is 56.2 Å². The quantitative estimate of drug-likeness (QED) is 0.505. The number of benzene rings is 1. The van der Waals surface area contributed by atoms with E-state index in [1.54, 1.807) is 36.4 Å². The van der Waals surface area contributed by atoms with Crippen molar-refractivity contribution in [3.63, 3.8) is 0 Å². The van der Waals surface area contributed by atoms with E-state index in [4.69, 9.17) is 14.2 Å². The zero-order valence-electron chi connectivity index (χ0n) is 22.6. The maximum absolute atomic E-state index is 13.3. The van der Waals surface area contributed by atoms with E-state index in [-0.39, 0.29) is 29.7 Å². The van der Waals surface area contributed by atoms with Crippen molar-refractivity contribution >= 4 is 29.0 Å². The number of H-pyrrole nitrogens is 1. The van der Waals surface area contributed by atoms with Crippen LogP contribution in [0.3, 0.4) is 0 Å². The molecule has 2 aliphatic rings. The van der Waals surface area contributed by atoms with Crippen LogP contribution < -0.4 is 9.47 Å². The molecule has 0 bridgehead atoms. The molecule has 200 valence electrons. The Balaban J connectivity index is 1.41. The number of amides is 1. The Morgan fingerprint density at radius 2 is 1.95 bits per heavy atom. The van der Waals surface area contributed by atoms with E-state index < -0.39 is 5.60 Å². The fraction of sp³-hybridized carbons (Fsp3) is 0.429. The van der Waals surface area contributed by atoms with Crippen molar-refractivity contribution in [2.75, 3.05) is 20.2 Å². The number of rotatable bonds is 4. The molecule has 2 aliphatic heterocycles. The third-order valence-corrected chi connectivity index (χ3v) is 6.85. The monoisotopic (exact) mass is 519 g/mol. The Bertz CT molecular complexity index is 1410. The normalized spacial score (nSPS) is 21.1. The number of hydrogen-bond donors (Lipinski definition) is 1. The summed E-state index contributed by atoms with van der Waals surface area (Å²) in [5, 5.41) is 7.98. The van der Waals surface area contributed by atoms with E-state index in [9.17, 15) is 9.59 Å². The third-order valence-electron chi connectivity index (χ3n) is 6.85. The van der Waals surface area contributed by atoms with E-state index in [1.807, 2.05) is 32.9 Å². The Labute approximate surface area is 221 Å². The SMILES string of the molecule is COc1ccc2c(c1CN1[C@H](C)CN(C(=O)OC(C)(C)C)C[C@@H]1C)O/C(=C\c1n[nH]c3ncccc13)C2=O. The molecule has 1 amide bonds. The molecule has 38 heavy (non-hydrogen) atoms. The van der Waals surface area contributed by atoms with Crippen molar-refractivity contribution in [1.29, 1.82) is 0 Å². The lowest BCUT2D eigenvalue weighted by atomic mass is 10.0. The van der Waals surface area contributed by atoms with Crippen LogP contribution >= 0.6 is 0 Å². The number of ether oxygens (including phenoxy) is 3. The topological polar surface area (TPSA) is 110 Å². The summed E-state index contributed by atoms with van der Waals surface area (Å²) in [6, 6.07) is 7.33. The molecule has 2 aromatic heterocycles. The largest absolute Gasteiger partial charge is 0.496 e. The zero-order valence-corrected chi connectivity index (χ0v) is 22.6. The van der Waals surface area contributed by atoms with Gasteiger partial charge in [-0.05, 0) is 58.9 Å². The van der Waals surface area contributed by atoms with Crippen LogP contribution in [0, 0.1) is 0 Å². The number of hydrogen-bond acceptors (Lipinski definition) is 8. The molecule has 0 radical (unpaired) electrons. The van der Waals surface area contributed by atoms with Crippen LogP contribution in [-0.2, 0) is 11.3 Å². The molecule has 1 aromatic carbocycles. The second-order valence-electron chi connectivity index (χ2n) is 10.8.